The van der Waals surface area contributed by atoms with Crippen LogP contribution >= 0.6 is 0 Å². The molecule has 1 saturated heterocycles. The van der Waals surface area contributed by atoms with Crippen LogP contribution in [0.15, 0.2) is 23.5 Å². The number of pyridine rings is 1. The summed E-state index contributed by atoms with van der Waals surface area (Å²) in [5, 5.41) is 11.4. The van der Waals surface area contributed by atoms with E-state index in [9.17, 15) is 4.79 Å². The lowest BCUT2D eigenvalue weighted by Gasteiger charge is -2.30. The van der Waals surface area contributed by atoms with Crippen molar-refractivity contribution >= 4 is 11.7 Å². The van der Waals surface area contributed by atoms with Crippen molar-refractivity contribution in [2.24, 2.45) is 10.9 Å². The standard InChI is InChI=1S/C12H16N4O3/c1-8-7-16(4-5-19-8)12(17)10-3-2-9(6-14-10)11(13)15-18/h2-3,6,8,18H,4-5,7H2,1H3,(H2,13,15). The van der Waals surface area contributed by atoms with Crippen LogP contribution in [0.4, 0.5) is 0 Å². The number of morpholine rings is 1. The molecule has 102 valence electrons. The molecule has 1 unspecified atom stereocenters. The Kier molecular flexibility index (Phi) is 3.96. The van der Waals surface area contributed by atoms with Crippen molar-refractivity contribution in [1.82, 2.24) is 9.88 Å². The van der Waals surface area contributed by atoms with Gasteiger partial charge in [-0.25, -0.2) is 0 Å². The minimum Gasteiger partial charge on any atom is -0.409 e. The summed E-state index contributed by atoms with van der Waals surface area (Å²) in [6.45, 7) is 3.58. The monoisotopic (exact) mass is 264 g/mol. The first-order chi connectivity index (χ1) is 9.11. The second kappa shape index (κ2) is 5.66. The molecule has 0 saturated carbocycles. The third-order valence-corrected chi connectivity index (χ3v) is 2.91. The molecule has 2 rings (SSSR count). The number of carbonyl (C=O) groups excluding carboxylic acids is 1. The third-order valence-electron chi connectivity index (χ3n) is 2.91. The fourth-order valence-corrected chi connectivity index (χ4v) is 1.89. The Balaban J connectivity index is 2.11. The number of ether oxygens (including phenoxy) is 1. The lowest BCUT2D eigenvalue weighted by Crippen LogP contribution is -2.44. The number of amidine groups is 1. The Morgan fingerprint density at radius 1 is 1.63 bits per heavy atom. The maximum Gasteiger partial charge on any atom is 0.272 e. The molecule has 3 N–H and O–H groups in total. The van der Waals surface area contributed by atoms with Gasteiger partial charge in [-0.3, -0.25) is 9.78 Å². The molecule has 0 aliphatic carbocycles. The Hall–Kier alpha value is -2.15. The average molecular weight is 264 g/mol. The molecular formula is C12H16N4O3. The van der Waals surface area contributed by atoms with Gasteiger partial charge in [0.25, 0.3) is 5.91 Å². The summed E-state index contributed by atoms with van der Waals surface area (Å²) in [6.07, 6.45) is 1.45. The van der Waals surface area contributed by atoms with Gasteiger partial charge in [-0.1, -0.05) is 5.16 Å². The molecule has 0 bridgehead atoms. The third kappa shape index (κ3) is 3.00. The van der Waals surface area contributed by atoms with Crippen molar-refractivity contribution in [3.8, 4) is 0 Å². The molecule has 1 amide bonds. The molecule has 2 heterocycles. The fourth-order valence-electron chi connectivity index (χ4n) is 1.89. The minimum atomic E-state index is -0.138. The minimum absolute atomic E-state index is 0.0357. The number of nitrogens with two attached hydrogens (primary N) is 1. The van der Waals surface area contributed by atoms with Gasteiger partial charge in [0.05, 0.1) is 12.7 Å². The second-order valence-electron chi connectivity index (χ2n) is 4.35. The summed E-state index contributed by atoms with van der Waals surface area (Å²) in [5.74, 6) is -0.173. The van der Waals surface area contributed by atoms with Gasteiger partial charge in [-0.05, 0) is 19.1 Å². The van der Waals surface area contributed by atoms with Crippen LogP contribution in [-0.2, 0) is 4.74 Å². The molecule has 1 fully saturated rings. The number of amides is 1. The van der Waals surface area contributed by atoms with E-state index in [2.05, 4.69) is 10.1 Å². The van der Waals surface area contributed by atoms with Crippen molar-refractivity contribution in [3.63, 3.8) is 0 Å². The number of oxime groups is 1. The van der Waals surface area contributed by atoms with Crippen LogP contribution in [0.2, 0.25) is 0 Å². The topological polar surface area (TPSA) is 101 Å². The van der Waals surface area contributed by atoms with Crippen molar-refractivity contribution in [2.75, 3.05) is 19.7 Å². The lowest BCUT2D eigenvalue weighted by molar-refractivity contribution is -0.0126. The Labute approximate surface area is 110 Å². The van der Waals surface area contributed by atoms with Gasteiger partial charge in [-0.2, -0.15) is 0 Å². The maximum absolute atomic E-state index is 12.2. The molecule has 1 aromatic rings. The van der Waals surface area contributed by atoms with E-state index >= 15 is 0 Å². The lowest BCUT2D eigenvalue weighted by atomic mass is 10.2. The zero-order valence-electron chi connectivity index (χ0n) is 10.6. The van der Waals surface area contributed by atoms with E-state index in [1.807, 2.05) is 6.92 Å². The summed E-state index contributed by atoms with van der Waals surface area (Å²) < 4.78 is 5.38. The van der Waals surface area contributed by atoms with Crippen molar-refractivity contribution in [1.29, 1.82) is 0 Å². The van der Waals surface area contributed by atoms with Crippen LogP contribution in [0.5, 0.6) is 0 Å². The average Bonchev–Trinajstić information content (AvgIpc) is 2.46. The Morgan fingerprint density at radius 2 is 2.42 bits per heavy atom. The van der Waals surface area contributed by atoms with Gasteiger partial charge < -0.3 is 20.6 Å². The fraction of sp³-hybridized carbons (Fsp3) is 0.417. The normalized spacial score (nSPS) is 20.4. The first-order valence-corrected chi connectivity index (χ1v) is 5.96. The van der Waals surface area contributed by atoms with Gasteiger partial charge in [-0.15, -0.1) is 0 Å². The number of hydrogen-bond acceptors (Lipinski definition) is 5. The van der Waals surface area contributed by atoms with E-state index in [-0.39, 0.29) is 17.8 Å². The predicted octanol–water partition coefficient (Wildman–Crippen LogP) is 0.0370. The largest absolute Gasteiger partial charge is 0.409 e. The smallest absolute Gasteiger partial charge is 0.272 e. The van der Waals surface area contributed by atoms with Crippen molar-refractivity contribution in [2.45, 2.75) is 13.0 Å². The van der Waals surface area contributed by atoms with Crippen molar-refractivity contribution in [3.05, 3.63) is 29.6 Å². The molecule has 0 aromatic carbocycles. The first kappa shape index (κ1) is 13.3. The summed E-state index contributed by atoms with van der Waals surface area (Å²) >= 11 is 0. The molecule has 1 aliphatic heterocycles. The number of rotatable bonds is 2. The SMILES string of the molecule is CC1CN(C(=O)c2ccc(C(N)=NO)cn2)CCO1. The van der Waals surface area contributed by atoms with E-state index in [0.717, 1.165) is 0 Å². The summed E-state index contributed by atoms with van der Waals surface area (Å²) in [5.41, 5.74) is 6.23. The van der Waals surface area contributed by atoms with Crippen LogP contribution in [0, 0.1) is 0 Å². The second-order valence-corrected chi connectivity index (χ2v) is 4.35. The number of carbonyl (C=O) groups is 1. The quantitative estimate of drug-likeness (QED) is 0.340. The van der Waals surface area contributed by atoms with Gasteiger partial charge in [0.1, 0.15) is 5.69 Å². The van der Waals surface area contributed by atoms with Crippen LogP contribution < -0.4 is 5.73 Å². The van der Waals surface area contributed by atoms with E-state index in [1.54, 1.807) is 17.0 Å². The van der Waals surface area contributed by atoms with Crippen LogP contribution in [0.25, 0.3) is 0 Å². The van der Waals surface area contributed by atoms with E-state index in [4.69, 9.17) is 15.7 Å². The molecular weight excluding hydrogens is 248 g/mol. The highest BCUT2D eigenvalue weighted by Gasteiger charge is 2.23. The summed E-state index contributed by atoms with van der Waals surface area (Å²) in [4.78, 5) is 17.9. The van der Waals surface area contributed by atoms with E-state index in [0.29, 0.717) is 31.0 Å². The van der Waals surface area contributed by atoms with Crippen LogP contribution in [0.1, 0.15) is 23.0 Å². The molecule has 1 atom stereocenters. The predicted molar refractivity (Wildman–Crippen MR) is 68.1 cm³/mol. The summed E-state index contributed by atoms with van der Waals surface area (Å²) in [6, 6.07) is 3.16. The molecule has 0 radical (unpaired) electrons. The maximum atomic E-state index is 12.2. The highest BCUT2D eigenvalue weighted by Crippen LogP contribution is 2.09. The molecule has 7 nitrogen and oxygen atoms in total. The number of hydrogen-bond donors (Lipinski definition) is 2. The zero-order valence-corrected chi connectivity index (χ0v) is 10.6. The van der Waals surface area contributed by atoms with Crippen LogP contribution in [0.3, 0.4) is 0 Å². The molecule has 7 heteroatoms. The Morgan fingerprint density at radius 3 is 3.00 bits per heavy atom. The Bertz CT molecular complexity index is 486. The molecule has 19 heavy (non-hydrogen) atoms. The van der Waals surface area contributed by atoms with E-state index in [1.165, 1.54) is 6.20 Å². The molecule has 1 aromatic heterocycles. The zero-order chi connectivity index (χ0) is 13.8. The van der Waals surface area contributed by atoms with Gasteiger partial charge in [0.2, 0.25) is 0 Å². The first-order valence-electron chi connectivity index (χ1n) is 5.96. The van der Waals surface area contributed by atoms with Gasteiger partial charge in [0.15, 0.2) is 5.84 Å². The highest BCUT2D eigenvalue weighted by atomic mass is 16.5. The van der Waals surface area contributed by atoms with Gasteiger partial charge >= 0.3 is 0 Å². The molecule has 1 aliphatic rings. The van der Waals surface area contributed by atoms with E-state index < -0.39 is 0 Å². The highest BCUT2D eigenvalue weighted by molar-refractivity contribution is 5.98. The van der Waals surface area contributed by atoms with Crippen molar-refractivity contribution < 1.29 is 14.7 Å². The number of aromatic nitrogens is 1. The van der Waals surface area contributed by atoms with Gasteiger partial charge in [0, 0.05) is 24.8 Å². The summed E-state index contributed by atoms with van der Waals surface area (Å²) in [7, 11) is 0. The van der Waals surface area contributed by atoms with Crippen LogP contribution in [-0.4, -0.2) is 52.6 Å². The number of nitrogens with zero attached hydrogens (tertiary/aromatic N) is 3. The molecule has 0 spiro atoms.